The topological polar surface area (TPSA) is 55.1 Å². The second kappa shape index (κ2) is 5.38. The first-order valence-electron chi connectivity index (χ1n) is 4.27. The smallest absolute Gasteiger partial charge is 0.223 e. The van der Waals surface area contributed by atoms with Crippen molar-refractivity contribution < 1.29 is 4.79 Å². The predicted octanol–water partition coefficient (Wildman–Crippen LogP) is 0.672. The Bertz CT molecular complexity index is 152. The van der Waals surface area contributed by atoms with E-state index < -0.39 is 0 Å². The largest absolute Gasteiger partial charge is 0.356 e. The van der Waals surface area contributed by atoms with Gasteiger partial charge in [0.1, 0.15) is 0 Å². The molecule has 3 nitrogen and oxygen atoms in total. The Balaban J connectivity index is 0.00000121. The molecule has 72 valence electrons. The monoisotopic (exact) mass is 192 g/mol. The minimum atomic E-state index is 0. The van der Waals surface area contributed by atoms with Crippen molar-refractivity contribution >= 4 is 18.3 Å². The lowest BCUT2D eigenvalue weighted by Crippen LogP contribution is -2.30. The summed E-state index contributed by atoms with van der Waals surface area (Å²) in [7, 11) is 0. The number of nitrogens with one attached hydrogen (secondary N) is 1. The van der Waals surface area contributed by atoms with Gasteiger partial charge in [0.15, 0.2) is 0 Å². The summed E-state index contributed by atoms with van der Waals surface area (Å²) in [4.78, 5) is 11.2. The van der Waals surface area contributed by atoms with Crippen LogP contribution in [0.1, 0.15) is 26.2 Å². The van der Waals surface area contributed by atoms with E-state index in [9.17, 15) is 4.79 Å². The van der Waals surface area contributed by atoms with Crippen LogP contribution >= 0.6 is 12.4 Å². The summed E-state index contributed by atoms with van der Waals surface area (Å²) >= 11 is 0. The SMILES string of the molecule is CCNC(=O)[C@@H]1CC[C@H](N)C1.Cl. The maximum absolute atomic E-state index is 11.2. The zero-order chi connectivity index (χ0) is 8.27. The van der Waals surface area contributed by atoms with Crippen molar-refractivity contribution in [2.75, 3.05) is 6.54 Å². The molecule has 0 aromatic carbocycles. The summed E-state index contributed by atoms with van der Waals surface area (Å²) < 4.78 is 0. The van der Waals surface area contributed by atoms with Crippen LogP contribution in [0.2, 0.25) is 0 Å². The molecule has 1 saturated carbocycles. The first kappa shape index (κ1) is 11.7. The molecule has 0 bridgehead atoms. The minimum absolute atomic E-state index is 0. The second-order valence-corrected chi connectivity index (χ2v) is 3.16. The Kier molecular flexibility index (Phi) is 5.25. The summed E-state index contributed by atoms with van der Waals surface area (Å²) in [6, 6.07) is 0.252. The summed E-state index contributed by atoms with van der Waals surface area (Å²) in [5.41, 5.74) is 5.68. The van der Waals surface area contributed by atoms with E-state index in [-0.39, 0.29) is 30.3 Å². The number of rotatable bonds is 2. The van der Waals surface area contributed by atoms with Crippen molar-refractivity contribution in [3.05, 3.63) is 0 Å². The number of halogens is 1. The molecule has 0 heterocycles. The molecule has 0 saturated heterocycles. The van der Waals surface area contributed by atoms with Gasteiger partial charge in [0.25, 0.3) is 0 Å². The van der Waals surface area contributed by atoms with Gasteiger partial charge >= 0.3 is 0 Å². The van der Waals surface area contributed by atoms with Crippen molar-refractivity contribution in [1.82, 2.24) is 5.32 Å². The van der Waals surface area contributed by atoms with Gasteiger partial charge in [0, 0.05) is 18.5 Å². The Hall–Kier alpha value is -0.280. The van der Waals surface area contributed by atoms with E-state index >= 15 is 0 Å². The summed E-state index contributed by atoms with van der Waals surface area (Å²) in [6.07, 6.45) is 2.83. The van der Waals surface area contributed by atoms with E-state index in [1.807, 2.05) is 6.92 Å². The van der Waals surface area contributed by atoms with E-state index in [1.54, 1.807) is 0 Å². The molecule has 0 aliphatic heterocycles. The molecule has 1 aliphatic carbocycles. The van der Waals surface area contributed by atoms with Crippen LogP contribution in [-0.4, -0.2) is 18.5 Å². The van der Waals surface area contributed by atoms with Crippen LogP contribution in [0.5, 0.6) is 0 Å². The Morgan fingerprint density at radius 3 is 2.67 bits per heavy atom. The average molecular weight is 193 g/mol. The molecular formula is C8H17ClN2O. The zero-order valence-electron chi connectivity index (χ0n) is 7.38. The van der Waals surface area contributed by atoms with Crippen LogP contribution in [0, 0.1) is 5.92 Å². The third kappa shape index (κ3) is 2.99. The highest BCUT2D eigenvalue weighted by Crippen LogP contribution is 2.23. The van der Waals surface area contributed by atoms with Gasteiger partial charge in [-0.1, -0.05) is 0 Å². The van der Waals surface area contributed by atoms with E-state index in [0.717, 1.165) is 25.8 Å². The normalized spacial score (nSPS) is 27.8. The van der Waals surface area contributed by atoms with Crippen molar-refractivity contribution in [1.29, 1.82) is 0 Å². The molecule has 1 rings (SSSR count). The quantitative estimate of drug-likeness (QED) is 0.676. The highest BCUT2D eigenvalue weighted by molar-refractivity contribution is 5.85. The number of carbonyl (C=O) groups is 1. The first-order chi connectivity index (χ1) is 5.24. The molecule has 12 heavy (non-hydrogen) atoms. The molecular weight excluding hydrogens is 176 g/mol. The molecule has 0 aromatic rings. The average Bonchev–Trinajstić information content (AvgIpc) is 2.36. The minimum Gasteiger partial charge on any atom is -0.356 e. The Labute approximate surface area is 79.5 Å². The van der Waals surface area contributed by atoms with E-state index in [1.165, 1.54) is 0 Å². The summed E-state index contributed by atoms with van der Waals surface area (Å²) in [6.45, 7) is 2.66. The number of nitrogens with two attached hydrogens (primary N) is 1. The fourth-order valence-corrected chi connectivity index (χ4v) is 1.57. The van der Waals surface area contributed by atoms with Crippen molar-refractivity contribution in [3.63, 3.8) is 0 Å². The van der Waals surface area contributed by atoms with E-state index in [0.29, 0.717) is 0 Å². The van der Waals surface area contributed by atoms with Gasteiger partial charge < -0.3 is 11.1 Å². The fraction of sp³-hybridized carbons (Fsp3) is 0.875. The third-order valence-corrected chi connectivity index (χ3v) is 2.19. The van der Waals surface area contributed by atoms with Gasteiger partial charge in [-0.2, -0.15) is 0 Å². The fourth-order valence-electron chi connectivity index (χ4n) is 1.57. The second-order valence-electron chi connectivity index (χ2n) is 3.16. The van der Waals surface area contributed by atoms with E-state index in [2.05, 4.69) is 5.32 Å². The van der Waals surface area contributed by atoms with Crippen LogP contribution in [-0.2, 0) is 4.79 Å². The van der Waals surface area contributed by atoms with Crippen molar-refractivity contribution in [3.8, 4) is 0 Å². The van der Waals surface area contributed by atoms with Crippen LogP contribution in [0.4, 0.5) is 0 Å². The molecule has 3 N–H and O–H groups in total. The van der Waals surface area contributed by atoms with Gasteiger partial charge in [-0.05, 0) is 26.2 Å². The van der Waals surface area contributed by atoms with Crippen LogP contribution < -0.4 is 11.1 Å². The Morgan fingerprint density at radius 1 is 1.58 bits per heavy atom. The molecule has 0 spiro atoms. The summed E-state index contributed by atoms with van der Waals surface area (Å²) in [5, 5.41) is 2.81. The molecule has 1 aliphatic rings. The molecule has 0 unspecified atom stereocenters. The van der Waals surface area contributed by atoms with Crippen LogP contribution in [0.25, 0.3) is 0 Å². The predicted molar refractivity (Wildman–Crippen MR) is 51.2 cm³/mol. The first-order valence-corrected chi connectivity index (χ1v) is 4.27. The number of hydrogen-bond acceptors (Lipinski definition) is 2. The number of amides is 1. The molecule has 0 radical (unpaired) electrons. The van der Waals surface area contributed by atoms with Gasteiger partial charge in [0.05, 0.1) is 0 Å². The molecule has 1 fully saturated rings. The van der Waals surface area contributed by atoms with Gasteiger partial charge in [0.2, 0.25) is 5.91 Å². The van der Waals surface area contributed by atoms with Crippen molar-refractivity contribution in [2.45, 2.75) is 32.2 Å². The molecule has 1 amide bonds. The van der Waals surface area contributed by atoms with Gasteiger partial charge in [-0.15, -0.1) is 12.4 Å². The maximum Gasteiger partial charge on any atom is 0.223 e. The number of hydrogen-bond donors (Lipinski definition) is 2. The highest BCUT2D eigenvalue weighted by atomic mass is 35.5. The Morgan fingerprint density at radius 2 is 2.25 bits per heavy atom. The van der Waals surface area contributed by atoms with Crippen LogP contribution in [0.3, 0.4) is 0 Å². The lowest BCUT2D eigenvalue weighted by atomic mass is 10.1. The molecule has 2 atom stereocenters. The zero-order valence-corrected chi connectivity index (χ0v) is 8.19. The highest BCUT2D eigenvalue weighted by Gasteiger charge is 2.26. The van der Waals surface area contributed by atoms with E-state index in [4.69, 9.17) is 5.73 Å². The molecule has 0 aromatic heterocycles. The van der Waals surface area contributed by atoms with Crippen LogP contribution in [0.15, 0.2) is 0 Å². The molecule has 4 heteroatoms. The summed E-state index contributed by atoms with van der Waals surface area (Å²) in [5.74, 6) is 0.366. The number of carbonyl (C=O) groups excluding carboxylic acids is 1. The van der Waals surface area contributed by atoms with Crippen molar-refractivity contribution in [2.24, 2.45) is 11.7 Å². The van der Waals surface area contributed by atoms with Gasteiger partial charge in [-0.3, -0.25) is 4.79 Å². The maximum atomic E-state index is 11.2. The van der Waals surface area contributed by atoms with Gasteiger partial charge in [-0.25, -0.2) is 0 Å². The lowest BCUT2D eigenvalue weighted by molar-refractivity contribution is -0.124. The standard InChI is InChI=1S/C8H16N2O.ClH/c1-2-10-8(11)6-3-4-7(9)5-6;/h6-7H,2-5,9H2,1H3,(H,10,11);1H/t6-,7+;/m1./s1. The lowest BCUT2D eigenvalue weighted by Gasteiger charge is -2.08. The third-order valence-electron chi connectivity index (χ3n) is 2.19.